The Morgan fingerprint density at radius 2 is 0.796 bits per heavy atom. The number of hydrogen-bond donors (Lipinski definition) is 2. The summed E-state index contributed by atoms with van der Waals surface area (Å²) in [7, 11) is 0. The van der Waals surface area contributed by atoms with E-state index in [9.17, 15) is 10.2 Å². The van der Waals surface area contributed by atoms with E-state index < -0.39 is 0 Å². The van der Waals surface area contributed by atoms with E-state index in [0.717, 1.165) is 25.7 Å². The van der Waals surface area contributed by atoms with Crippen LogP contribution in [-0.4, -0.2) is 34.4 Å². The molecule has 0 heterocycles. The van der Waals surface area contributed by atoms with Crippen LogP contribution in [0.2, 0.25) is 20.1 Å². The molecule has 0 aromatic heterocycles. The predicted octanol–water partition coefficient (Wildman–Crippen LogP) is 12.8. The van der Waals surface area contributed by atoms with Crippen LogP contribution in [0.4, 0.5) is 0 Å². The first-order chi connectivity index (χ1) is 22.3. The van der Waals surface area contributed by atoms with Gasteiger partial charge in [-0.1, -0.05) is 136 Å². The van der Waals surface area contributed by atoms with E-state index in [2.05, 4.69) is 20.4 Å². The Balaban J connectivity index is 0.000000697. The van der Waals surface area contributed by atoms with Gasteiger partial charge in [-0.2, -0.15) is 10.2 Å². The van der Waals surface area contributed by atoms with E-state index >= 15 is 0 Å². The van der Waals surface area contributed by atoms with Crippen molar-refractivity contribution < 1.29 is 60.8 Å². The van der Waals surface area contributed by atoms with Gasteiger partial charge in [0.25, 0.3) is 0 Å². The number of benzene rings is 2. The third-order valence-corrected chi connectivity index (χ3v) is 9.60. The Labute approximate surface area is 344 Å². The molecule has 0 atom stereocenters. The van der Waals surface area contributed by atoms with Crippen molar-refractivity contribution in [3.05, 3.63) is 67.6 Å². The van der Waals surface area contributed by atoms with Gasteiger partial charge in [-0.05, 0) is 73.9 Å². The Morgan fingerprint density at radius 1 is 0.510 bits per heavy atom. The van der Waals surface area contributed by atoms with Crippen LogP contribution >= 0.6 is 46.4 Å². The molecule has 6 nitrogen and oxygen atoms in total. The second kappa shape index (κ2) is 28.9. The van der Waals surface area contributed by atoms with Crippen molar-refractivity contribution in [2.75, 3.05) is 0 Å². The van der Waals surface area contributed by atoms with Gasteiger partial charge >= 0.3 is 0 Å². The van der Waals surface area contributed by atoms with E-state index in [1.54, 1.807) is 48.8 Å². The monoisotopic (exact) mass is 878 g/mol. The molecule has 0 radical (unpaired) electrons. The zero-order chi connectivity index (χ0) is 33.0. The first-order valence-electron chi connectivity index (χ1n) is 16.8. The van der Waals surface area contributed by atoms with Crippen LogP contribution in [0.3, 0.4) is 0 Å². The third kappa shape index (κ3) is 20.3. The van der Waals surface area contributed by atoms with E-state index in [4.69, 9.17) is 46.4 Å². The number of aliphatic hydroxyl groups is 2. The van der Waals surface area contributed by atoms with Crippen LogP contribution in [-0.2, 0) is 50.6 Å². The standard InChI is InChI=1S/2C13H14Cl2N2O.2C5H10.2Fe.Ni/c2*14-10-5-6-11(12(15)7-10)13(18)17-16-8-9-3-1-2-4-9;2*1-2-4-5-3-1;;;/h2*5-9H,1-4H2,(H,17,18);2*1-5H2;;;/b2*16-8-;;;;;. The first-order valence-corrected chi connectivity index (χ1v) is 18.4. The summed E-state index contributed by atoms with van der Waals surface area (Å²) < 4.78 is 0. The summed E-state index contributed by atoms with van der Waals surface area (Å²) in [6.07, 6.45) is 28.2. The number of hydrogen-bond acceptors (Lipinski definition) is 4. The van der Waals surface area contributed by atoms with Gasteiger partial charge < -0.3 is 10.2 Å². The maximum absolute atomic E-state index is 9.77. The molecule has 2 N–H and O–H groups in total. The van der Waals surface area contributed by atoms with Gasteiger partial charge in [0.2, 0.25) is 11.8 Å². The van der Waals surface area contributed by atoms with Gasteiger partial charge in [-0.15, -0.1) is 10.2 Å². The Bertz CT molecular complexity index is 1200. The van der Waals surface area contributed by atoms with Crippen molar-refractivity contribution in [2.24, 2.45) is 32.2 Å². The Morgan fingerprint density at radius 3 is 1.06 bits per heavy atom. The third-order valence-electron chi connectivity index (χ3n) is 8.50. The van der Waals surface area contributed by atoms with Gasteiger partial charge in [0, 0.05) is 73.1 Å². The van der Waals surface area contributed by atoms with Gasteiger partial charge in [-0.25, -0.2) is 0 Å². The average molecular weight is 881 g/mol. The molecule has 2 aromatic carbocycles. The van der Waals surface area contributed by atoms with Crippen LogP contribution in [0, 0.1) is 11.8 Å². The molecular formula is C36H48Cl4Fe2N4NiO2. The number of rotatable bonds is 6. The SMILES string of the molecule is C1CCCC1.C1CCCC1.O/C(=N\N=C/C1CCCC1)c1ccc(Cl)cc1Cl.O/C(=N\N=C/C1CCCC1)c1ccc(Cl)cc1Cl.[Fe].[Fe].[Ni]. The molecule has 0 saturated heterocycles. The fraction of sp³-hybridized carbons (Fsp3) is 0.556. The van der Waals surface area contributed by atoms with E-state index in [-0.39, 0.29) is 62.4 Å². The molecule has 0 unspecified atom stereocenters. The minimum absolute atomic E-state index is 0. The van der Waals surface area contributed by atoms with E-state index in [1.165, 1.54) is 89.9 Å². The molecule has 4 aliphatic carbocycles. The Hall–Kier alpha value is -0.588. The summed E-state index contributed by atoms with van der Waals surface area (Å²) in [5.41, 5.74) is 0.870. The first kappa shape index (κ1) is 48.4. The largest absolute Gasteiger partial charge is 0.492 e. The van der Waals surface area contributed by atoms with Gasteiger partial charge in [-0.3, -0.25) is 0 Å². The van der Waals surface area contributed by atoms with Crippen LogP contribution < -0.4 is 0 Å². The maximum Gasteiger partial charge on any atom is 0.239 e. The average Bonchev–Trinajstić information content (AvgIpc) is 3.88. The minimum atomic E-state index is -0.189. The van der Waals surface area contributed by atoms with Crippen LogP contribution in [0.15, 0.2) is 56.8 Å². The summed E-state index contributed by atoms with van der Waals surface area (Å²) in [5.74, 6) is 0.598. The van der Waals surface area contributed by atoms with Crippen LogP contribution in [0.25, 0.3) is 0 Å². The number of aliphatic hydroxyl groups excluding tert-OH is 2. The normalized spacial score (nSPS) is 18.0. The molecule has 13 heteroatoms. The van der Waals surface area contributed by atoms with Gasteiger partial charge in [0.1, 0.15) is 0 Å². The maximum atomic E-state index is 9.77. The summed E-state index contributed by atoms with van der Waals surface area (Å²) in [4.78, 5) is 0. The van der Waals surface area contributed by atoms with E-state index in [1.807, 2.05) is 0 Å². The molecule has 0 amide bonds. The molecule has 278 valence electrons. The predicted molar refractivity (Wildman–Crippen MR) is 198 cm³/mol. The van der Waals surface area contributed by atoms with Crippen LogP contribution in [0.1, 0.15) is 127 Å². The molecule has 0 bridgehead atoms. The fourth-order valence-electron chi connectivity index (χ4n) is 5.79. The van der Waals surface area contributed by atoms with Crippen molar-refractivity contribution in [2.45, 2.75) is 116 Å². The van der Waals surface area contributed by atoms with Gasteiger partial charge in [0.15, 0.2) is 0 Å². The van der Waals surface area contributed by atoms with Crippen molar-refractivity contribution in [1.82, 2.24) is 0 Å². The number of halogens is 4. The molecule has 6 rings (SSSR count). The molecule has 4 saturated carbocycles. The minimum Gasteiger partial charge on any atom is -0.492 e. The topological polar surface area (TPSA) is 89.9 Å². The zero-order valence-corrected chi connectivity index (χ0v) is 33.9. The summed E-state index contributed by atoms with van der Waals surface area (Å²) in [6, 6.07) is 9.66. The molecule has 4 fully saturated rings. The molecule has 49 heavy (non-hydrogen) atoms. The molecular weight excluding hydrogens is 833 g/mol. The van der Waals surface area contributed by atoms with E-state index in [0.29, 0.717) is 43.1 Å². The second-order valence-corrected chi connectivity index (χ2v) is 13.9. The molecule has 0 aliphatic heterocycles. The smallest absolute Gasteiger partial charge is 0.239 e. The summed E-state index contributed by atoms with van der Waals surface area (Å²) in [5, 5.41) is 36.7. The summed E-state index contributed by atoms with van der Waals surface area (Å²) in [6.45, 7) is 0. The fourth-order valence-corrected chi connectivity index (χ4v) is 6.78. The van der Waals surface area contributed by atoms with Crippen molar-refractivity contribution in [1.29, 1.82) is 0 Å². The van der Waals surface area contributed by atoms with Crippen molar-refractivity contribution in [3.8, 4) is 0 Å². The molecule has 2 aromatic rings. The Kier molecular flexibility index (Phi) is 28.6. The van der Waals surface area contributed by atoms with Crippen molar-refractivity contribution in [3.63, 3.8) is 0 Å². The molecule has 0 spiro atoms. The second-order valence-electron chi connectivity index (χ2n) is 12.2. The summed E-state index contributed by atoms with van der Waals surface area (Å²) >= 11 is 23.5. The van der Waals surface area contributed by atoms with Crippen LogP contribution in [0.5, 0.6) is 0 Å². The van der Waals surface area contributed by atoms with Gasteiger partial charge in [0.05, 0.1) is 21.2 Å². The van der Waals surface area contributed by atoms with Crippen molar-refractivity contribution >= 4 is 70.6 Å². The molecule has 4 aliphatic rings. The number of nitrogens with zero attached hydrogens (tertiary/aromatic N) is 4. The quantitative estimate of drug-likeness (QED) is 0.131. The zero-order valence-electron chi connectivity index (χ0n) is 27.7.